The van der Waals surface area contributed by atoms with E-state index in [0.717, 1.165) is 25.7 Å². The van der Waals surface area contributed by atoms with E-state index >= 15 is 0 Å². The Kier molecular flexibility index (Phi) is 5.74. The van der Waals surface area contributed by atoms with Crippen molar-refractivity contribution in [3.05, 3.63) is 47.1 Å². The van der Waals surface area contributed by atoms with Crippen molar-refractivity contribution in [1.82, 2.24) is 0 Å². The van der Waals surface area contributed by atoms with Crippen molar-refractivity contribution in [1.29, 1.82) is 0 Å². The molecule has 3 heteroatoms. The van der Waals surface area contributed by atoms with Crippen LogP contribution >= 0.6 is 0 Å². The summed E-state index contributed by atoms with van der Waals surface area (Å²) >= 11 is 0. The Bertz CT molecular complexity index is 992. The highest BCUT2D eigenvalue weighted by molar-refractivity contribution is 5.96. The van der Waals surface area contributed by atoms with Gasteiger partial charge >= 0.3 is 5.97 Å². The van der Waals surface area contributed by atoms with E-state index in [-0.39, 0.29) is 27.4 Å². The van der Waals surface area contributed by atoms with Crippen LogP contribution in [0.25, 0.3) is 0 Å². The molecule has 2 fully saturated rings. The van der Waals surface area contributed by atoms with Gasteiger partial charge in [0.25, 0.3) is 0 Å². The Morgan fingerprint density at radius 3 is 2.45 bits per heavy atom. The Hall–Kier alpha value is -1.90. The van der Waals surface area contributed by atoms with E-state index in [4.69, 9.17) is 5.11 Å². The number of carboxylic acids is 1. The number of allylic oxidation sites excluding steroid dienone is 7. The van der Waals surface area contributed by atoms with Crippen molar-refractivity contribution in [3.8, 4) is 0 Å². The number of rotatable bonds is 5. The van der Waals surface area contributed by atoms with Crippen LogP contribution < -0.4 is 0 Å². The van der Waals surface area contributed by atoms with E-state index in [9.17, 15) is 9.59 Å². The van der Waals surface area contributed by atoms with Crippen LogP contribution in [-0.2, 0) is 9.59 Å². The lowest BCUT2D eigenvalue weighted by Gasteiger charge is -2.62. The highest BCUT2D eigenvalue weighted by Crippen LogP contribution is 2.71. The second-order valence-corrected chi connectivity index (χ2v) is 12.6. The lowest BCUT2D eigenvalue weighted by atomic mass is 9.41. The fourth-order valence-corrected chi connectivity index (χ4v) is 8.21. The third-order valence-electron chi connectivity index (χ3n) is 10.7. The minimum absolute atomic E-state index is 0.0711. The van der Waals surface area contributed by atoms with E-state index in [1.807, 2.05) is 12.2 Å². The molecular formula is C30H42O3. The largest absolute Gasteiger partial charge is 0.478 e. The summed E-state index contributed by atoms with van der Waals surface area (Å²) in [5.41, 5.74) is 3.46. The molecule has 4 aliphatic rings. The minimum atomic E-state index is -0.817. The summed E-state index contributed by atoms with van der Waals surface area (Å²) in [7, 11) is 0. The molecule has 3 nitrogen and oxygen atoms in total. The van der Waals surface area contributed by atoms with Gasteiger partial charge in [-0.2, -0.15) is 0 Å². The van der Waals surface area contributed by atoms with Crippen LogP contribution in [0, 0.1) is 39.4 Å². The van der Waals surface area contributed by atoms with Crippen LogP contribution in [-0.4, -0.2) is 16.9 Å². The van der Waals surface area contributed by atoms with Crippen molar-refractivity contribution in [2.75, 3.05) is 0 Å². The predicted octanol–water partition coefficient (Wildman–Crippen LogP) is 7.30. The SMILES string of the molecule is C/C(=C\CC[C@H](C)[C@@H]1CC[C@]2(C)C1=CC=C1[C@]3(C)C=CC(=O)C(C)(C)[C@H]3CC[C@@]12C)C(=O)O. The third-order valence-corrected chi connectivity index (χ3v) is 10.7. The molecule has 0 saturated heterocycles. The highest BCUT2D eigenvalue weighted by Gasteiger charge is 2.63. The fraction of sp³-hybridized carbons (Fsp3) is 0.667. The summed E-state index contributed by atoms with van der Waals surface area (Å²) in [5.74, 6) is 0.902. The van der Waals surface area contributed by atoms with Gasteiger partial charge in [-0.25, -0.2) is 4.79 Å². The van der Waals surface area contributed by atoms with Gasteiger partial charge in [-0.3, -0.25) is 4.79 Å². The molecule has 0 spiro atoms. The quantitative estimate of drug-likeness (QED) is 0.447. The number of ketones is 1. The number of hydrogen-bond donors (Lipinski definition) is 1. The topological polar surface area (TPSA) is 54.4 Å². The van der Waals surface area contributed by atoms with E-state index in [1.54, 1.807) is 12.5 Å². The van der Waals surface area contributed by atoms with Gasteiger partial charge in [-0.05, 0) is 80.1 Å². The molecule has 0 radical (unpaired) electrons. The van der Waals surface area contributed by atoms with E-state index in [1.165, 1.54) is 18.4 Å². The van der Waals surface area contributed by atoms with E-state index < -0.39 is 5.97 Å². The Morgan fingerprint density at radius 1 is 1.12 bits per heavy atom. The van der Waals surface area contributed by atoms with Crippen LogP contribution in [0.15, 0.2) is 47.1 Å². The summed E-state index contributed by atoms with van der Waals surface area (Å²) in [6.45, 7) is 15.7. The first kappa shape index (κ1) is 24.2. The number of aliphatic carboxylic acids is 1. The van der Waals surface area contributed by atoms with Crippen molar-refractivity contribution in [2.45, 2.75) is 87.0 Å². The zero-order valence-corrected chi connectivity index (χ0v) is 21.6. The number of carbonyl (C=O) groups excluding carboxylic acids is 1. The van der Waals surface area contributed by atoms with Crippen LogP contribution in [0.1, 0.15) is 87.0 Å². The minimum Gasteiger partial charge on any atom is -0.478 e. The maximum absolute atomic E-state index is 12.7. The van der Waals surface area contributed by atoms with Crippen molar-refractivity contribution < 1.29 is 14.7 Å². The molecule has 6 atom stereocenters. The summed E-state index contributed by atoms with van der Waals surface area (Å²) in [6.07, 6.45) is 17.3. The smallest absolute Gasteiger partial charge is 0.330 e. The van der Waals surface area contributed by atoms with Gasteiger partial charge < -0.3 is 5.11 Å². The first-order valence-corrected chi connectivity index (χ1v) is 12.9. The van der Waals surface area contributed by atoms with Crippen molar-refractivity contribution in [2.24, 2.45) is 39.4 Å². The number of hydrogen-bond acceptors (Lipinski definition) is 2. The lowest BCUT2D eigenvalue weighted by molar-refractivity contribution is -0.132. The molecule has 180 valence electrons. The summed E-state index contributed by atoms with van der Waals surface area (Å²) in [6, 6.07) is 0. The van der Waals surface area contributed by atoms with Crippen molar-refractivity contribution >= 4 is 11.8 Å². The normalized spacial score (nSPS) is 40.3. The van der Waals surface area contributed by atoms with Gasteiger partial charge in [0, 0.05) is 16.4 Å². The van der Waals surface area contributed by atoms with Crippen molar-refractivity contribution in [3.63, 3.8) is 0 Å². The number of carboxylic acid groups (broad SMARTS) is 1. The Morgan fingerprint density at radius 2 is 1.79 bits per heavy atom. The molecule has 0 aromatic heterocycles. The maximum Gasteiger partial charge on any atom is 0.330 e. The van der Waals surface area contributed by atoms with Gasteiger partial charge in [0.15, 0.2) is 5.78 Å². The Labute approximate surface area is 200 Å². The lowest BCUT2D eigenvalue weighted by Crippen LogP contribution is -2.55. The van der Waals surface area contributed by atoms with Gasteiger partial charge in [0.1, 0.15) is 0 Å². The summed E-state index contributed by atoms with van der Waals surface area (Å²) in [4.78, 5) is 23.8. The standard InChI is InChI=1S/C30H42O3/c1-19(9-8-10-20(2)26(32)33)21-13-17-29(6)22(21)11-12-24-28(5)16-15-25(31)27(3,4)23(28)14-18-30(24,29)7/h10-12,15-16,19,21,23H,8-9,13-14,17-18H2,1-7H3,(H,32,33)/b20-10+/t19-,21-,23+,28+,29+,30-/m0/s1. The first-order chi connectivity index (χ1) is 15.3. The molecule has 0 bridgehead atoms. The first-order valence-electron chi connectivity index (χ1n) is 12.9. The monoisotopic (exact) mass is 450 g/mol. The van der Waals surface area contributed by atoms with Crippen LogP contribution in [0.2, 0.25) is 0 Å². The second kappa shape index (κ2) is 7.82. The molecule has 0 aromatic rings. The fourth-order valence-electron chi connectivity index (χ4n) is 8.21. The zero-order chi connectivity index (χ0) is 24.4. The highest BCUT2D eigenvalue weighted by atomic mass is 16.4. The molecular weight excluding hydrogens is 408 g/mol. The van der Waals surface area contributed by atoms with E-state index in [2.05, 4.69) is 59.8 Å². The average molecular weight is 451 g/mol. The number of fused-ring (bicyclic) bond motifs is 5. The molecule has 4 aliphatic carbocycles. The molecule has 0 aromatic carbocycles. The Balaban J connectivity index is 1.66. The second-order valence-electron chi connectivity index (χ2n) is 12.6. The maximum atomic E-state index is 12.7. The molecule has 33 heavy (non-hydrogen) atoms. The van der Waals surface area contributed by atoms with Crippen LogP contribution in [0.4, 0.5) is 0 Å². The van der Waals surface area contributed by atoms with Crippen LogP contribution in [0.5, 0.6) is 0 Å². The van der Waals surface area contributed by atoms with E-state index in [0.29, 0.717) is 23.3 Å². The summed E-state index contributed by atoms with van der Waals surface area (Å²) in [5, 5.41) is 9.13. The van der Waals surface area contributed by atoms with Gasteiger partial charge in [0.2, 0.25) is 0 Å². The molecule has 0 amide bonds. The molecule has 0 heterocycles. The van der Waals surface area contributed by atoms with Gasteiger partial charge in [0.05, 0.1) is 0 Å². The molecule has 0 unspecified atom stereocenters. The molecule has 4 rings (SSSR count). The molecule has 0 aliphatic heterocycles. The molecule has 1 N–H and O–H groups in total. The van der Waals surface area contributed by atoms with Gasteiger partial charge in [-0.15, -0.1) is 0 Å². The number of carbonyl (C=O) groups is 2. The summed E-state index contributed by atoms with van der Waals surface area (Å²) < 4.78 is 0. The average Bonchev–Trinajstić information content (AvgIpc) is 3.09. The molecule has 2 saturated carbocycles. The van der Waals surface area contributed by atoms with Gasteiger partial charge in [-0.1, -0.05) is 77.0 Å². The zero-order valence-electron chi connectivity index (χ0n) is 21.6. The predicted molar refractivity (Wildman–Crippen MR) is 134 cm³/mol. The third kappa shape index (κ3) is 3.36. The van der Waals surface area contributed by atoms with Crippen LogP contribution in [0.3, 0.4) is 0 Å².